The molecule has 0 spiro atoms. The Kier molecular flexibility index (Phi) is 7.01. The number of carbonyl (C=O) groups excluding carboxylic acids is 1. The SMILES string of the molecule is CC(C)Oc1ccc(-c2nc(-c3ccc4c(c3)OCCN(CCCC=O)C4)no2)cc1C#N. The lowest BCUT2D eigenvalue weighted by atomic mass is 10.1. The molecule has 4 rings (SSSR count). The van der Waals surface area contributed by atoms with E-state index in [9.17, 15) is 10.1 Å². The molecule has 0 aliphatic carbocycles. The third-order valence-corrected chi connectivity index (χ3v) is 5.32. The molecule has 8 heteroatoms. The lowest BCUT2D eigenvalue weighted by molar-refractivity contribution is -0.108. The lowest BCUT2D eigenvalue weighted by Crippen LogP contribution is -2.26. The molecule has 1 aliphatic heterocycles. The monoisotopic (exact) mass is 446 g/mol. The van der Waals surface area contributed by atoms with Crippen molar-refractivity contribution in [3.05, 3.63) is 47.5 Å². The van der Waals surface area contributed by atoms with E-state index in [0.29, 0.717) is 41.6 Å². The first-order valence-electron chi connectivity index (χ1n) is 11.0. The molecular weight excluding hydrogens is 420 g/mol. The number of fused-ring (bicyclic) bond motifs is 1. The first kappa shape index (κ1) is 22.5. The van der Waals surface area contributed by atoms with Crippen LogP contribution in [0, 0.1) is 11.3 Å². The maximum absolute atomic E-state index is 10.6. The van der Waals surface area contributed by atoms with Crippen LogP contribution in [0.25, 0.3) is 22.8 Å². The minimum absolute atomic E-state index is 0.0307. The standard InChI is InChI=1S/C25H26N4O4/c1-17(2)32-22-8-7-19(13-21(22)15-26)25-27-24(28-33-25)18-5-6-20-16-29(9-3-4-11-30)10-12-31-23(20)14-18/h5-8,11,13-14,17H,3-4,9-10,12,16H2,1-2H3. The van der Waals surface area contributed by atoms with Crippen LogP contribution in [0.3, 0.4) is 0 Å². The Balaban J connectivity index is 1.53. The number of aldehydes is 1. The van der Waals surface area contributed by atoms with Crippen LogP contribution in [0.5, 0.6) is 11.5 Å². The van der Waals surface area contributed by atoms with Crippen LogP contribution in [0.15, 0.2) is 40.9 Å². The van der Waals surface area contributed by atoms with Gasteiger partial charge in [-0.1, -0.05) is 17.3 Å². The summed E-state index contributed by atoms with van der Waals surface area (Å²) in [6.07, 6.45) is 2.35. The molecule has 2 heterocycles. The number of aromatic nitrogens is 2. The summed E-state index contributed by atoms with van der Waals surface area (Å²) in [4.78, 5) is 17.4. The highest BCUT2D eigenvalue weighted by Crippen LogP contribution is 2.31. The molecule has 0 saturated carbocycles. The number of rotatable bonds is 8. The summed E-state index contributed by atoms with van der Waals surface area (Å²) in [5.74, 6) is 2.11. The topological polar surface area (TPSA) is 101 Å². The molecule has 33 heavy (non-hydrogen) atoms. The summed E-state index contributed by atoms with van der Waals surface area (Å²) < 4.78 is 17.1. The minimum Gasteiger partial charge on any atom is -0.492 e. The zero-order valence-electron chi connectivity index (χ0n) is 18.8. The molecule has 0 N–H and O–H groups in total. The van der Waals surface area contributed by atoms with Crippen molar-refractivity contribution in [3.63, 3.8) is 0 Å². The van der Waals surface area contributed by atoms with Crippen LogP contribution in [0.2, 0.25) is 0 Å². The van der Waals surface area contributed by atoms with E-state index >= 15 is 0 Å². The van der Waals surface area contributed by atoms with E-state index in [1.54, 1.807) is 18.2 Å². The quantitative estimate of drug-likeness (QED) is 0.374. The third-order valence-electron chi connectivity index (χ3n) is 5.32. The summed E-state index contributed by atoms with van der Waals surface area (Å²) >= 11 is 0. The fourth-order valence-electron chi connectivity index (χ4n) is 3.72. The zero-order chi connectivity index (χ0) is 23.2. The summed E-state index contributed by atoms with van der Waals surface area (Å²) in [5, 5.41) is 13.6. The van der Waals surface area contributed by atoms with Gasteiger partial charge < -0.3 is 18.8 Å². The Morgan fingerprint density at radius 2 is 2.09 bits per heavy atom. The Morgan fingerprint density at radius 1 is 1.24 bits per heavy atom. The maximum atomic E-state index is 10.6. The minimum atomic E-state index is -0.0307. The van der Waals surface area contributed by atoms with Crippen LogP contribution in [-0.4, -0.2) is 47.1 Å². The lowest BCUT2D eigenvalue weighted by Gasteiger charge is -2.18. The number of unbranched alkanes of at least 4 members (excludes halogenated alkanes) is 1. The molecule has 0 radical (unpaired) electrons. The zero-order valence-corrected chi connectivity index (χ0v) is 18.8. The molecule has 170 valence electrons. The molecule has 0 atom stereocenters. The predicted octanol–water partition coefficient (Wildman–Crippen LogP) is 4.24. The third kappa shape index (κ3) is 5.38. The van der Waals surface area contributed by atoms with E-state index in [4.69, 9.17) is 14.0 Å². The number of hydrogen-bond acceptors (Lipinski definition) is 8. The van der Waals surface area contributed by atoms with Crippen LogP contribution in [0.4, 0.5) is 0 Å². The van der Waals surface area contributed by atoms with E-state index in [2.05, 4.69) is 21.1 Å². The average molecular weight is 447 g/mol. The Bertz CT molecular complexity index is 1170. The number of benzene rings is 2. The van der Waals surface area contributed by atoms with Crippen LogP contribution in [-0.2, 0) is 11.3 Å². The van der Waals surface area contributed by atoms with Gasteiger partial charge in [-0.2, -0.15) is 10.2 Å². The number of carbonyl (C=O) groups is 1. The van der Waals surface area contributed by atoms with E-state index in [1.165, 1.54) is 0 Å². The van der Waals surface area contributed by atoms with Gasteiger partial charge in [0.1, 0.15) is 30.5 Å². The normalized spacial score (nSPS) is 13.6. The molecule has 0 saturated heterocycles. The average Bonchev–Trinajstić information content (AvgIpc) is 3.21. The molecule has 0 unspecified atom stereocenters. The molecule has 1 aromatic heterocycles. The summed E-state index contributed by atoms with van der Waals surface area (Å²) in [6.45, 7) is 6.85. The van der Waals surface area contributed by atoms with Gasteiger partial charge in [0.2, 0.25) is 5.82 Å². The Morgan fingerprint density at radius 3 is 2.88 bits per heavy atom. The predicted molar refractivity (Wildman–Crippen MR) is 122 cm³/mol. The van der Waals surface area contributed by atoms with Gasteiger partial charge in [-0.25, -0.2) is 0 Å². The summed E-state index contributed by atoms with van der Waals surface area (Å²) in [7, 11) is 0. The first-order chi connectivity index (χ1) is 16.1. The highest BCUT2D eigenvalue weighted by molar-refractivity contribution is 5.64. The second kappa shape index (κ2) is 10.3. The van der Waals surface area contributed by atoms with Gasteiger partial charge in [-0.3, -0.25) is 4.90 Å². The highest BCUT2D eigenvalue weighted by Gasteiger charge is 2.18. The van der Waals surface area contributed by atoms with Gasteiger partial charge >= 0.3 is 0 Å². The van der Waals surface area contributed by atoms with Gasteiger partial charge in [0.15, 0.2) is 0 Å². The van der Waals surface area contributed by atoms with Crippen LogP contribution >= 0.6 is 0 Å². The fraction of sp³-hybridized carbons (Fsp3) is 0.360. The van der Waals surface area contributed by atoms with E-state index in [-0.39, 0.29) is 6.10 Å². The number of nitriles is 1. The van der Waals surface area contributed by atoms with Crippen molar-refractivity contribution in [2.75, 3.05) is 19.7 Å². The van der Waals surface area contributed by atoms with E-state index in [1.807, 2.05) is 32.0 Å². The Labute approximate surface area is 192 Å². The van der Waals surface area contributed by atoms with Crippen LogP contribution in [0.1, 0.15) is 37.8 Å². The van der Waals surface area contributed by atoms with Gasteiger partial charge in [0.05, 0.1) is 11.7 Å². The molecule has 8 nitrogen and oxygen atoms in total. The first-order valence-corrected chi connectivity index (χ1v) is 11.0. The highest BCUT2D eigenvalue weighted by atomic mass is 16.5. The molecule has 0 fully saturated rings. The molecular formula is C25H26N4O4. The summed E-state index contributed by atoms with van der Waals surface area (Å²) in [5.41, 5.74) is 2.94. The largest absolute Gasteiger partial charge is 0.492 e. The smallest absolute Gasteiger partial charge is 0.258 e. The van der Waals surface area contributed by atoms with Crippen LogP contribution < -0.4 is 9.47 Å². The van der Waals surface area contributed by atoms with Gasteiger partial charge in [-0.15, -0.1) is 0 Å². The number of ether oxygens (including phenoxy) is 2. The maximum Gasteiger partial charge on any atom is 0.258 e. The number of hydrogen-bond donors (Lipinski definition) is 0. The van der Waals surface area contributed by atoms with Crippen molar-refractivity contribution < 1.29 is 18.8 Å². The number of nitrogens with zero attached hydrogens (tertiary/aromatic N) is 4. The van der Waals surface area contributed by atoms with Crippen molar-refractivity contribution in [1.82, 2.24) is 15.0 Å². The summed E-state index contributed by atoms with van der Waals surface area (Å²) in [6, 6.07) is 13.3. The van der Waals surface area contributed by atoms with Crippen molar-refractivity contribution >= 4 is 6.29 Å². The molecule has 3 aromatic rings. The van der Waals surface area contributed by atoms with Gasteiger partial charge in [0, 0.05) is 36.2 Å². The van der Waals surface area contributed by atoms with E-state index in [0.717, 1.165) is 49.2 Å². The van der Waals surface area contributed by atoms with Crippen molar-refractivity contribution in [2.24, 2.45) is 0 Å². The van der Waals surface area contributed by atoms with Crippen molar-refractivity contribution in [2.45, 2.75) is 39.3 Å². The molecule has 0 bridgehead atoms. The van der Waals surface area contributed by atoms with Gasteiger partial charge in [-0.05, 0) is 51.1 Å². The van der Waals surface area contributed by atoms with Crippen molar-refractivity contribution in [3.8, 4) is 40.4 Å². The van der Waals surface area contributed by atoms with E-state index < -0.39 is 0 Å². The Hall–Kier alpha value is -3.70. The fourth-order valence-corrected chi connectivity index (χ4v) is 3.72. The molecule has 0 amide bonds. The van der Waals surface area contributed by atoms with Gasteiger partial charge in [0.25, 0.3) is 5.89 Å². The second-order valence-electron chi connectivity index (χ2n) is 8.17. The molecule has 1 aliphatic rings. The molecule has 2 aromatic carbocycles. The second-order valence-corrected chi connectivity index (χ2v) is 8.17. The van der Waals surface area contributed by atoms with Crippen molar-refractivity contribution in [1.29, 1.82) is 5.26 Å².